The molecule has 0 spiro atoms. The van der Waals surface area contributed by atoms with Crippen molar-refractivity contribution in [3.05, 3.63) is 0 Å². The highest BCUT2D eigenvalue weighted by molar-refractivity contribution is 7.66. The van der Waals surface area contributed by atoms with Gasteiger partial charge in [-0.25, -0.2) is 0 Å². The van der Waals surface area contributed by atoms with Gasteiger partial charge in [0.2, 0.25) is 0 Å². The van der Waals surface area contributed by atoms with Crippen LogP contribution in [-0.4, -0.2) is 153 Å². The standard InChI is InChI=1S/C22H50N4O6P/c1-27-17-11-24(12-18-28-2)33(23-9-7-8-10-23,25(13-19-29-3)14-20-30-4)26(15-21-31-5)16-22-32-6/h7-22H2,1-6H3/q+1. The van der Waals surface area contributed by atoms with E-state index in [0.717, 1.165) is 52.4 Å². The molecule has 33 heavy (non-hydrogen) atoms. The molecule has 0 unspecified atom stereocenters. The molecule has 0 aromatic carbocycles. The van der Waals surface area contributed by atoms with Gasteiger partial charge in [0, 0.05) is 55.7 Å². The minimum atomic E-state index is -2.20. The molecule has 0 amide bonds. The monoisotopic (exact) mass is 497 g/mol. The van der Waals surface area contributed by atoms with E-state index in [-0.39, 0.29) is 0 Å². The predicted octanol–water partition coefficient (Wildman–Crippen LogP) is 1.54. The highest BCUT2D eigenvalue weighted by atomic mass is 31.2. The van der Waals surface area contributed by atoms with Crippen LogP contribution in [0, 0.1) is 0 Å². The molecule has 0 aromatic rings. The van der Waals surface area contributed by atoms with E-state index in [1.54, 1.807) is 42.7 Å². The van der Waals surface area contributed by atoms with E-state index in [9.17, 15) is 0 Å². The summed E-state index contributed by atoms with van der Waals surface area (Å²) < 4.78 is 44.0. The molecule has 198 valence electrons. The summed E-state index contributed by atoms with van der Waals surface area (Å²) in [5.41, 5.74) is 0. The quantitative estimate of drug-likeness (QED) is 0.206. The van der Waals surface area contributed by atoms with E-state index < -0.39 is 7.87 Å². The third kappa shape index (κ3) is 9.54. The lowest BCUT2D eigenvalue weighted by molar-refractivity contribution is 0.103. The maximum absolute atomic E-state index is 5.58. The summed E-state index contributed by atoms with van der Waals surface area (Å²) in [7, 11) is 8.42. The van der Waals surface area contributed by atoms with E-state index in [1.807, 2.05) is 0 Å². The second-order valence-electron chi connectivity index (χ2n) is 8.02. The van der Waals surface area contributed by atoms with Crippen molar-refractivity contribution >= 4 is 7.87 Å². The molecule has 1 rings (SSSR count). The van der Waals surface area contributed by atoms with Crippen molar-refractivity contribution in [2.24, 2.45) is 0 Å². The summed E-state index contributed by atoms with van der Waals surface area (Å²) in [6, 6.07) is 0. The van der Waals surface area contributed by atoms with Crippen molar-refractivity contribution < 1.29 is 28.4 Å². The van der Waals surface area contributed by atoms with Gasteiger partial charge in [0.1, 0.15) is 0 Å². The lowest BCUT2D eigenvalue weighted by Gasteiger charge is -2.50. The van der Waals surface area contributed by atoms with Crippen molar-refractivity contribution in [1.82, 2.24) is 18.7 Å². The van der Waals surface area contributed by atoms with E-state index in [2.05, 4.69) is 18.7 Å². The van der Waals surface area contributed by atoms with Crippen LogP contribution in [0.2, 0.25) is 0 Å². The summed E-state index contributed by atoms with van der Waals surface area (Å²) in [6.45, 7) is 11.0. The average molecular weight is 498 g/mol. The van der Waals surface area contributed by atoms with Crippen molar-refractivity contribution in [2.75, 3.05) is 135 Å². The van der Waals surface area contributed by atoms with Gasteiger partial charge >= 0.3 is 7.87 Å². The molecule has 1 aliphatic rings. The Morgan fingerprint density at radius 1 is 0.485 bits per heavy atom. The van der Waals surface area contributed by atoms with E-state index in [0.29, 0.717) is 39.6 Å². The minimum absolute atomic E-state index is 0.657. The molecule has 0 radical (unpaired) electrons. The van der Waals surface area contributed by atoms with Gasteiger partial charge in [-0.05, 0) is 12.8 Å². The van der Waals surface area contributed by atoms with Gasteiger partial charge in [-0.15, -0.1) is 18.7 Å². The van der Waals surface area contributed by atoms with Crippen LogP contribution in [-0.2, 0) is 28.4 Å². The molecule has 0 aromatic heterocycles. The lowest BCUT2D eigenvalue weighted by Crippen LogP contribution is -2.56. The summed E-state index contributed by atoms with van der Waals surface area (Å²) in [5.74, 6) is 0. The fourth-order valence-corrected chi connectivity index (χ4v) is 9.43. The first kappa shape index (κ1) is 31.1. The molecular formula is C22H50N4O6P+. The molecule has 0 N–H and O–H groups in total. The molecule has 1 aliphatic heterocycles. The maximum Gasteiger partial charge on any atom is 0.309 e. The van der Waals surface area contributed by atoms with E-state index in [1.165, 1.54) is 12.8 Å². The Kier molecular flexibility index (Phi) is 18.1. The Labute approximate surface area is 202 Å². The first-order valence-electron chi connectivity index (χ1n) is 12.0. The highest BCUT2D eigenvalue weighted by Gasteiger charge is 2.61. The third-order valence-electron chi connectivity index (χ3n) is 5.92. The molecule has 11 heteroatoms. The topological polar surface area (TPSA) is 68.3 Å². The zero-order valence-corrected chi connectivity index (χ0v) is 22.9. The second-order valence-corrected chi connectivity index (χ2v) is 11.4. The van der Waals surface area contributed by atoms with Crippen molar-refractivity contribution in [3.8, 4) is 0 Å². The summed E-state index contributed by atoms with van der Waals surface area (Å²) in [5, 5.41) is 0. The van der Waals surface area contributed by atoms with Crippen molar-refractivity contribution in [2.45, 2.75) is 12.8 Å². The van der Waals surface area contributed by atoms with Crippen LogP contribution in [0.4, 0.5) is 0 Å². The van der Waals surface area contributed by atoms with Crippen molar-refractivity contribution in [1.29, 1.82) is 0 Å². The van der Waals surface area contributed by atoms with Crippen LogP contribution in [0.25, 0.3) is 0 Å². The summed E-state index contributed by atoms with van der Waals surface area (Å²) in [4.78, 5) is 0. The van der Waals surface area contributed by atoms with E-state index >= 15 is 0 Å². The zero-order valence-electron chi connectivity index (χ0n) is 22.0. The van der Waals surface area contributed by atoms with Crippen LogP contribution in [0.3, 0.4) is 0 Å². The fraction of sp³-hybridized carbons (Fsp3) is 1.00. The van der Waals surface area contributed by atoms with Crippen LogP contribution in [0.1, 0.15) is 12.8 Å². The Morgan fingerprint density at radius 3 is 0.939 bits per heavy atom. The van der Waals surface area contributed by atoms with Crippen LogP contribution in [0.15, 0.2) is 0 Å². The number of hydrogen-bond acceptors (Lipinski definition) is 10. The number of rotatable bonds is 22. The molecule has 0 atom stereocenters. The minimum Gasteiger partial charge on any atom is -0.383 e. The average Bonchev–Trinajstić information content (AvgIpc) is 3.37. The SMILES string of the molecule is COCCN(CCOC)[P+](N1CCCC1)(N(CCOC)CCOC)N(CCOC)CCOC. The summed E-state index contributed by atoms with van der Waals surface area (Å²) >= 11 is 0. The number of ether oxygens (including phenoxy) is 6. The normalized spacial score (nSPS) is 15.5. The largest absolute Gasteiger partial charge is 0.383 e. The summed E-state index contributed by atoms with van der Waals surface area (Å²) in [6.07, 6.45) is 2.41. The van der Waals surface area contributed by atoms with Crippen LogP contribution >= 0.6 is 7.87 Å². The van der Waals surface area contributed by atoms with Gasteiger partial charge in [0.15, 0.2) is 0 Å². The van der Waals surface area contributed by atoms with Crippen LogP contribution < -0.4 is 0 Å². The molecular weight excluding hydrogens is 447 g/mol. The number of nitrogens with zero attached hydrogens (tertiary/aromatic N) is 4. The highest BCUT2D eigenvalue weighted by Crippen LogP contribution is 2.70. The Hall–Kier alpha value is 0.0300. The van der Waals surface area contributed by atoms with E-state index in [4.69, 9.17) is 28.4 Å². The molecule has 1 fully saturated rings. The zero-order chi connectivity index (χ0) is 24.4. The Bertz CT molecular complexity index is 388. The lowest BCUT2D eigenvalue weighted by atomic mass is 10.4. The number of hydrogen-bond donors (Lipinski definition) is 0. The third-order valence-corrected chi connectivity index (χ3v) is 10.6. The predicted molar refractivity (Wildman–Crippen MR) is 134 cm³/mol. The van der Waals surface area contributed by atoms with Gasteiger partial charge in [-0.1, -0.05) is 0 Å². The molecule has 0 aliphatic carbocycles. The van der Waals surface area contributed by atoms with Gasteiger partial charge in [0.25, 0.3) is 0 Å². The first-order valence-corrected chi connectivity index (χ1v) is 13.6. The van der Waals surface area contributed by atoms with Gasteiger partial charge in [-0.2, -0.15) is 0 Å². The molecule has 0 saturated carbocycles. The fourth-order valence-electron chi connectivity index (χ4n) is 4.36. The van der Waals surface area contributed by atoms with Gasteiger partial charge in [-0.3, -0.25) is 0 Å². The molecule has 0 bridgehead atoms. The second kappa shape index (κ2) is 19.2. The molecule has 1 heterocycles. The maximum atomic E-state index is 5.58. The molecule has 1 saturated heterocycles. The molecule has 10 nitrogen and oxygen atoms in total. The Balaban J connectivity index is 3.64. The van der Waals surface area contributed by atoms with Crippen molar-refractivity contribution in [3.63, 3.8) is 0 Å². The number of methoxy groups -OCH3 is 6. The Morgan fingerprint density at radius 2 is 0.727 bits per heavy atom. The van der Waals surface area contributed by atoms with Gasteiger partial charge in [0.05, 0.1) is 78.9 Å². The smallest absolute Gasteiger partial charge is 0.309 e. The van der Waals surface area contributed by atoms with Gasteiger partial charge < -0.3 is 28.4 Å². The first-order chi connectivity index (χ1) is 16.2. The van der Waals surface area contributed by atoms with Crippen LogP contribution in [0.5, 0.6) is 0 Å².